The summed E-state index contributed by atoms with van der Waals surface area (Å²) >= 11 is 5.25. The second kappa shape index (κ2) is 3.18. The third-order valence-electron chi connectivity index (χ3n) is 1.36. The predicted molar refractivity (Wildman–Crippen MR) is 36.1 cm³/mol. The topological polar surface area (TPSA) is 41.6 Å². The monoisotopic (exact) mass is 164 g/mol. The van der Waals surface area contributed by atoms with E-state index in [-0.39, 0.29) is 11.9 Å². The van der Waals surface area contributed by atoms with Gasteiger partial charge in [-0.25, -0.2) is 9.90 Å². The first kappa shape index (κ1) is 7.78. The molecule has 58 valence electrons. The van der Waals surface area contributed by atoms with Crippen LogP contribution >= 0.6 is 11.8 Å². The summed E-state index contributed by atoms with van der Waals surface area (Å²) < 4.78 is 0. The highest BCUT2D eigenvalue weighted by Gasteiger charge is 2.31. The van der Waals surface area contributed by atoms with Crippen LogP contribution < -0.4 is 4.84 Å². The normalized spacial score (nSPS) is 26.0. The average molecular weight is 165 g/mol. The molecule has 0 radical (unpaired) electrons. The summed E-state index contributed by atoms with van der Waals surface area (Å²) in [4.78, 5) is 18.3. The fourth-order valence-corrected chi connectivity index (χ4v) is 0.955. The van der Waals surface area contributed by atoms with Crippen molar-refractivity contribution in [2.45, 2.75) is 13.0 Å². The number of amides is 1. The van der Waals surface area contributed by atoms with E-state index in [9.17, 15) is 4.79 Å². The first-order chi connectivity index (χ1) is 4.79. The van der Waals surface area contributed by atoms with E-state index < -0.39 is 0 Å². The number of hydroxylamine groups is 2. The maximum atomic E-state index is 11.0. The highest BCUT2D eigenvalue weighted by molar-refractivity contribution is 6.15. The lowest BCUT2D eigenvalue weighted by molar-refractivity contribution is -0.160. The number of nitrogens with one attached hydrogen (secondary N) is 1. The summed E-state index contributed by atoms with van der Waals surface area (Å²) in [6.45, 7) is 2.73. The van der Waals surface area contributed by atoms with Gasteiger partial charge in [0.05, 0.1) is 0 Å². The number of hydrogen-bond donors (Lipinski definition) is 1. The van der Waals surface area contributed by atoms with Crippen LogP contribution in [0.25, 0.3) is 0 Å². The van der Waals surface area contributed by atoms with Gasteiger partial charge >= 0.3 is 0 Å². The number of halogens is 1. The highest BCUT2D eigenvalue weighted by Crippen LogP contribution is 2.06. The van der Waals surface area contributed by atoms with Gasteiger partial charge in [0.25, 0.3) is 5.91 Å². The molecule has 0 aromatic carbocycles. The Bertz CT molecular complexity index is 128. The molecule has 1 fully saturated rings. The van der Waals surface area contributed by atoms with E-state index in [1.165, 1.54) is 5.06 Å². The summed E-state index contributed by atoms with van der Waals surface area (Å²) in [5.74, 6) is -0.0995. The number of carbonyl (C=O) groups is 1. The van der Waals surface area contributed by atoms with E-state index in [4.69, 9.17) is 16.6 Å². The number of hydrogen-bond acceptors (Lipinski definition) is 3. The van der Waals surface area contributed by atoms with Crippen LogP contribution in [0.4, 0.5) is 0 Å². The molecule has 0 bridgehead atoms. The minimum atomic E-state index is -0.374. The van der Waals surface area contributed by atoms with Crippen LogP contribution in [-0.2, 0) is 9.63 Å². The van der Waals surface area contributed by atoms with Crippen LogP contribution in [0.5, 0.6) is 0 Å². The Labute approximate surface area is 64.1 Å². The molecule has 1 saturated heterocycles. The van der Waals surface area contributed by atoms with Gasteiger partial charge in [0.1, 0.15) is 12.6 Å². The van der Waals surface area contributed by atoms with Gasteiger partial charge in [0.2, 0.25) is 0 Å². The molecule has 1 N–H and O–H groups in total. The van der Waals surface area contributed by atoms with Gasteiger partial charge in [0, 0.05) is 6.54 Å². The van der Waals surface area contributed by atoms with Crippen LogP contribution in [0.2, 0.25) is 0 Å². The van der Waals surface area contributed by atoms with E-state index in [2.05, 4.69) is 4.84 Å². The summed E-state index contributed by atoms with van der Waals surface area (Å²) in [5, 5.41) is 1.29. The molecule has 1 heterocycles. The van der Waals surface area contributed by atoms with E-state index in [1.807, 2.05) is 6.92 Å². The summed E-state index contributed by atoms with van der Waals surface area (Å²) in [6, 6.07) is -0.374. The molecule has 0 aromatic heterocycles. The second-order valence-electron chi connectivity index (χ2n) is 1.99. The summed E-state index contributed by atoms with van der Waals surface area (Å²) in [7, 11) is 0. The standard InChI is InChI=1S/C5H9ClN2O2/c1-2-8-5(9)4(7-6)3-10-8/h4,7H,2-3H2,1H3/t4-/m1/s1. The minimum absolute atomic E-state index is 0.0995. The lowest BCUT2D eigenvalue weighted by Crippen LogP contribution is -2.34. The molecule has 0 spiro atoms. The van der Waals surface area contributed by atoms with E-state index in [0.717, 1.165) is 0 Å². The summed E-state index contributed by atoms with van der Waals surface area (Å²) in [5.41, 5.74) is 0. The highest BCUT2D eigenvalue weighted by atomic mass is 35.5. The van der Waals surface area contributed by atoms with Gasteiger partial charge in [-0.15, -0.1) is 0 Å². The fourth-order valence-electron chi connectivity index (χ4n) is 0.799. The molecule has 1 aliphatic heterocycles. The third kappa shape index (κ3) is 1.23. The van der Waals surface area contributed by atoms with Crippen LogP contribution in [0.3, 0.4) is 0 Å². The van der Waals surface area contributed by atoms with Crippen LogP contribution in [-0.4, -0.2) is 30.2 Å². The fraction of sp³-hybridized carbons (Fsp3) is 0.800. The quantitative estimate of drug-likeness (QED) is 0.580. The van der Waals surface area contributed by atoms with Crippen molar-refractivity contribution in [2.24, 2.45) is 0 Å². The maximum Gasteiger partial charge on any atom is 0.266 e. The molecule has 5 heteroatoms. The molecule has 10 heavy (non-hydrogen) atoms. The van der Waals surface area contributed by atoms with Crippen molar-refractivity contribution < 1.29 is 9.63 Å². The number of rotatable bonds is 2. The Morgan fingerprint density at radius 1 is 2.00 bits per heavy atom. The molecule has 1 rings (SSSR count). The van der Waals surface area contributed by atoms with Gasteiger partial charge in [-0.3, -0.25) is 9.63 Å². The minimum Gasteiger partial charge on any atom is -0.271 e. The van der Waals surface area contributed by atoms with Gasteiger partial charge in [-0.1, -0.05) is 0 Å². The second-order valence-corrected chi connectivity index (χ2v) is 2.21. The molecule has 1 aliphatic rings. The number of carbonyl (C=O) groups excluding carboxylic acids is 1. The Hall–Kier alpha value is -0.320. The first-order valence-corrected chi connectivity index (χ1v) is 3.47. The zero-order chi connectivity index (χ0) is 7.56. The van der Waals surface area contributed by atoms with Crippen molar-refractivity contribution in [3.8, 4) is 0 Å². The zero-order valence-electron chi connectivity index (χ0n) is 5.63. The molecular formula is C5H9ClN2O2. The predicted octanol–water partition coefficient (Wildman–Crippen LogP) is -0.108. The number of likely N-dealkylation sites (N-methyl/N-ethyl adjacent to an activating group) is 1. The molecule has 0 saturated carbocycles. The van der Waals surface area contributed by atoms with E-state index >= 15 is 0 Å². The Kier molecular flexibility index (Phi) is 2.48. The lowest BCUT2D eigenvalue weighted by atomic mass is 10.3. The number of nitrogens with zero attached hydrogens (tertiary/aromatic N) is 1. The molecule has 0 aromatic rings. The van der Waals surface area contributed by atoms with Gasteiger partial charge in [0.15, 0.2) is 0 Å². The van der Waals surface area contributed by atoms with Crippen molar-refractivity contribution in [2.75, 3.05) is 13.2 Å². The van der Waals surface area contributed by atoms with Crippen LogP contribution in [0.15, 0.2) is 0 Å². The van der Waals surface area contributed by atoms with Crippen molar-refractivity contribution in [1.29, 1.82) is 0 Å². The van der Waals surface area contributed by atoms with E-state index in [1.54, 1.807) is 0 Å². The Balaban J connectivity index is 2.49. The van der Waals surface area contributed by atoms with Gasteiger partial charge in [-0.2, -0.15) is 0 Å². The van der Waals surface area contributed by atoms with Crippen molar-refractivity contribution >= 4 is 17.7 Å². The summed E-state index contributed by atoms with van der Waals surface area (Å²) in [6.07, 6.45) is 0. The van der Waals surface area contributed by atoms with Gasteiger partial charge in [-0.05, 0) is 18.7 Å². The molecular weight excluding hydrogens is 156 g/mol. The van der Waals surface area contributed by atoms with Crippen molar-refractivity contribution in [3.05, 3.63) is 0 Å². The molecule has 4 nitrogen and oxygen atoms in total. The molecule has 1 atom stereocenters. The molecule has 0 unspecified atom stereocenters. The Morgan fingerprint density at radius 2 is 2.70 bits per heavy atom. The van der Waals surface area contributed by atoms with Crippen molar-refractivity contribution in [1.82, 2.24) is 9.90 Å². The van der Waals surface area contributed by atoms with Crippen LogP contribution in [0.1, 0.15) is 6.92 Å². The maximum absolute atomic E-state index is 11.0. The van der Waals surface area contributed by atoms with Crippen LogP contribution in [0, 0.1) is 0 Å². The first-order valence-electron chi connectivity index (χ1n) is 3.10. The molecule has 1 amide bonds. The smallest absolute Gasteiger partial charge is 0.266 e. The Morgan fingerprint density at radius 3 is 3.00 bits per heavy atom. The lowest BCUT2D eigenvalue weighted by Gasteiger charge is -2.09. The van der Waals surface area contributed by atoms with Gasteiger partial charge < -0.3 is 0 Å². The molecule has 0 aliphatic carbocycles. The third-order valence-corrected chi connectivity index (χ3v) is 1.62. The SMILES string of the molecule is CCN1OC[C@@H](NCl)C1=O. The average Bonchev–Trinajstić information content (AvgIpc) is 2.30. The largest absolute Gasteiger partial charge is 0.271 e. The zero-order valence-corrected chi connectivity index (χ0v) is 6.39. The van der Waals surface area contributed by atoms with Crippen molar-refractivity contribution in [3.63, 3.8) is 0 Å². The van der Waals surface area contributed by atoms with E-state index in [0.29, 0.717) is 13.2 Å².